The van der Waals surface area contributed by atoms with Gasteiger partial charge in [-0.2, -0.15) is 0 Å². The lowest BCUT2D eigenvalue weighted by Crippen LogP contribution is -2.00. The third-order valence-corrected chi connectivity index (χ3v) is 9.79. The average molecular weight is 679 g/mol. The summed E-state index contributed by atoms with van der Waals surface area (Å²) in [5, 5.41) is 4.36. The number of furan rings is 1. The van der Waals surface area contributed by atoms with Crippen molar-refractivity contribution in [2.45, 2.75) is 0 Å². The molecule has 53 heavy (non-hydrogen) atoms. The van der Waals surface area contributed by atoms with E-state index in [4.69, 9.17) is 24.4 Å². The Bertz CT molecular complexity index is 2860. The van der Waals surface area contributed by atoms with Gasteiger partial charge in [-0.3, -0.25) is 4.98 Å². The molecule has 10 aromatic rings. The van der Waals surface area contributed by atoms with Gasteiger partial charge in [0, 0.05) is 44.6 Å². The van der Waals surface area contributed by atoms with Gasteiger partial charge < -0.3 is 4.42 Å². The van der Waals surface area contributed by atoms with E-state index in [-0.39, 0.29) is 0 Å². The van der Waals surface area contributed by atoms with Crippen molar-refractivity contribution in [2.24, 2.45) is 0 Å². The van der Waals surface area contributed by atoms with E-state index in [0.717, 1.165) is 82.9 Å². The van der Waals surface area contributed by atoms with Gasteiger partial charge in [-0.1, -0.05) is 146 Å². The molecule has 0 N–H and O–H groups in total. The maximum Gasteiger partial charge on any atom is 0.164 e. The highest BCUT2D eigenvalue weighted by atomic mass is 16.3. The number of rotatable bonds is 6. The molecule has 0 bridgehead atoms. The highest BCUT2D eigenvalue weighted by molar-refractivity contribution is 6.22. The Morgan fingerprint density at radius 2 is 0.925 bits per heavy atom. The Labute approximate surface area is 305 Å². The van der Waals surface area contributed by atoms with Gasteiger partial charge >= 0.3 is 0 Å². The van der Waals surface area contributed by atoms with Crippen LogP contribution in [-0.4, -0.2) is 19.9 Å². The molecular formula is C48H30N4O. The molecule has 5 heteroatoms. The standard InChI is InChI=1S/C48H30N4O/c1-3-13-32(14-4-1)46-50-47(33-15-5-2-6-16-33)52-48(51-46)34-26-24-31(25-27-34)35-17-11-18-36(29-35)37-21-12-23-43-44(37)41-30-40(42-22-9-10-28-49-42)38-19-7-8-20-39(38)45(41)53-43/h1-30H. The lowest BCUT2D eigenvalue weighted by Gasteiger charge is -2.10. The lowest BCUT2D eigenvalue weighted by atomic mass is 9.93. The third-order valence-electron chi connectivity index (χ3n) is 9.79. The molecule has 10 rings (SSSR count). The summed E-state index contributed by atoms with van der Waals surface area (Å²) in [6.45, 7) is 0. The third kappa shape index (κ3) is 5.52. The molecule has 248 valence electrons. The molecule has 0 aliphatic rings. The second-order valence-corrected chi connectivity index (χ2v) is 13.0. The number of benzene rings is 7. The van der Waals surface area contributed by atoms with E-state index >= 15 is 0 Å². The van der Waals surface area contributed by atoms with Crippen LogP contribution >= 0.6 is 0 Å². The molecule has 0 unspecified atom stereocenters. The molecule has 0 amide bonds. The van der Waals surface area contributed by atoms with E-state index in [9.17, 15) is 0 Å². The zero-order chi connectivity index (χ0) is 35.1. The van der Waals surface area contributed by atoms with Crippen LogP contribution in [-0.2, 0) is 0 Å². The first-order valence-corrected chi connectivity index (χ1v) is 17.6. The van der Waals surface area contributed by atoms with Crippen molar-refractivity contribution in [3.8, 4) is 67.7 Å². The molecule has 0 atom stereocenters. The molecule has 5 nitrogen and oxygen atoms in total. The summed E-state index contributed by atoms with van der Waals surface area (Å²) in [6, 6.07) is 60.3. The highest BCUT2D eigenvalue weighted by Gasteiger charge is 2.19. The number of fused-ring (bicyclic) bond motifs is 5. The second kappa shape index (κ2) is 12.8. The van der Waals surface area contributed by atoms with Crippen molar-refractivity contribution in [1.82, 2.24) is 19.9 Å². The minimum absolute atomic E-state index is 0.633. The maximum atomic E-state index is 6.63. The van der Waals surface area contributed by atoms with Crippen LogP contribution in [0.3, 0.4) is 0 Å². The van der Waals surface area contributed by atoms with E-state index in [0.29, 0.717) is 17.5 Å². The van der Waals surface area contributed by atoms with E-state index in [1.807, 2.05) is 79.0 Å². The largest absolute Gasteiger partial charge is 0.455 e. The van der Waals surface area contributed by atoms with Crippen molar-refractivity contribution in [3.63, 3.8) is 0 Å². The van der Waals surface area contributed by atoms with E-state index < -0.39 is 0 Å². The quantitative estimate of drug-likeness (QED) is 0.175. The molecular weight excluding hydrogens is 649 g/mol. The second-order valence-electron chi connectivity index (χ2n) is 13.0. The van der Waals surface area contributed by atoms with Crippen LogP contribution in [0.15, 0.2) is 187 Å². The molecule has 0 aliphatic heterocycles. The first-order valence-electron chi connectivity index (χ1n) is 17.6. The molecule has 0 aliphatic carbocycles. The van der Waals surface area contributed by atoms with Gasteiger partial charge in [0.25, 0.3) is 0 Å². The number of hydrogen-bond acceptors (Lipinski definition) is 5. The number of aromatic nitrogens is 4. The van der Waals surface area contributed by atoms with Crippen molar-refractivity contribution in [2.75, 3.05) is 0 Å². The maximum absolute atomic E-state index is 6.63. The molecule has 3 aromatic heterocycles. The minimum Gasteiger partial charge on any atom is -0.455 e. The summed E-state index contributed by atoms with van der Waals surface area (Å²) in [4.78, 5) is 19.4. The van der Waals surface area contributed by atoms with Gasteiger partial charge in [0.15, 0.2) is 17.5 Å². The van der Waals surface area contributed by atoms with E-state index in [2.05, 4.69) is 103 Å². The Hall–Kier alpha value is -7.24. The molecule has 0 saturated heterocycles. The summed E-state index contributed by atoms with van der Waals surface area (Å²) in [7, 11) is 0. The Balaban J connectivity index is 1.06. The number of pyridine rings is 1. The van der Waals surface area contributed by atoms with Gasteiger partial charge in [0.2, 0.25) is 0 Å². The van der Waals surface area contributed by atoms with Crippen LogP contribution in [0.4, 0.5) is 0 Å². The Morgan fingerprint density at radius 3 is 1.60 bits per heavy atom. The first-order chi connectivity index (χ1) is 26.3. The van der Waals surface area contributed by atoms with Crippen molar-refractivity contribution in [3.05, 3.63) is 182 Å². The van der Waals surface area contributed by atoms with Gasteiger partial charge in [-0.25, -0.2) is 15.0 Å². The summed E-state index contributed by atoms with van der Waals surface area (Å²) >= 11 is 0. The van der Waals surface area contributed by atoms with Crippen LogP contribution in [0.5, 0.6) is 0 Å². The van der Waals surface area contributed by atoms with Crippen molar-refractivity contribution < 1.29 is 4.42 Å². The Morgan fingerprint density at radius 1 is 0.358 bits per heavy atom. The predicted molar refractivity (Wildman–Crippen MR) is 215 cm³/mol. The zero-order valence-electron chi connectivity index (χ0n) is 28.5. The van der Waals surface area contributed by atoms with E-state index in [1.165, 1.54) is 0 Å². The fourth-order valence-corrected chi connectivity index (χ4v) is 7.24. The normalized spacial score (nSPS) is 11.4. The molecule has 0 radical (unpaired) electrons. The average Bonchev–Trinajstić information content (AvgIpc) is 3.63. The summed E-state index contributed by atoms with van der Waals surface area (Å²) in [6.07, 6.45) is 1.85. The van der Waals surface area contributed by atoms with Crippen molar-refractivity contribution in [1.29, 1.82) is 0 Å². The van der Waals surface area contributed by atoms with Gasteiger partial charge in [-0.05, 0) is 58.0 Å². The fraction of sp³-hybridized carbons (Fsp3) is 0. The summed E-state index contributed by atoms with van der Waals surface area (Å²) < 4.78 is 6.63. The van der Waals surface area contributed by atoms with Crippen LogP contribution in [0.1, 0.15) is 0 Å². The molecule has 0 fully saturated rings. The highest BCUT2D eigenvalue weighted by Crippen LogP contribution is 2.43. The van der Waals surface area contributed by atoms with Gasteiger partial charge in [0.05, 0.1) is 5.69 Å². The SMILES string of the molecule is c1ccc(-c2nc(-c3ccccc3)nc(-c3ccc(-c4cccc(-c5cccc6oc7c8ccccc8c(-c8ccccn8)cc7c56)c4)cc3)n2)cc1. The van der Waals surface area contributed by atoms with Crippen molar-refractivity contribution >= 4 is 32.7 Å². The fourth-order valence-electron chi connectivity index (χ4n) is 7.24. The predicted octanol–water partition coefficient (Wildman–Crippen LogP) is 12.3. The van der Waals surface area contributed by atoms with Gasteiger partial charge in [0.1, 0.15) is 11.2 Å². The smallest absolute Gasteiger partial charge is 0.164 e. The van der Waals surface area contributed by atoms with Crippen LogP contribution in [0.25, 0.3) is 100 Å². The van der Waals surface area contributed by atoms with Crippen LogP contribution in [0, 0.1) is 0 Å². The zero-order valence-corrected chi connectivity index (χ0v) is 28.5. The molecule has 7 aromatic carbocycles. The first kappa shape index (κ1) is 30.6. The topological polar surface area (TPSA) is 64.7 Å². The number of hydrogen-bond donors (Lipinski definition) is 0. The molecule has 3 heterocycles. The Kier molecular flexibility index (Phi) is 7.40. The van der Waals surface area contributed by atoms with Crippen LogP contribution in [0.2, 0.25) is 0 Å². The monoisotopic (exact) mass is 678 g/mol. The minimum atomic E-state index is 0.633. The number of nitrogens with zero attached hydrogens (tertiary/aromatic N) is 4. The summed E-state index contributed by atoms with van der Waals surface area (Å²) in [5.41, 5.74) is 11.0. The summed E-state index contributed by atoms with van der Waals surface area (Å²) in [5.74, 6) is 1.92. The van der Waals surface area contributed by atoms with E-state index in [1.54, 1.807) is 0 Å². The lowest BCUT2D eigenvalue weighted by molar-refractivity contribution is 0.673. The van der Waals surface area contributed by atoms with Crippen LogP contribution < -0.4 is 0 Å². The molecule has 0 spiro atoms. The van der Waals surface area contributed by atoms with Gasteiger partial charge in [-0.15, -0.1) is 0 Å². The molecule has 0 saturated carbocycles.